The van der Waals surface area contributed by atoms with Crippen LogP contribution in [-0.4, -0.2) is 4.57 Å². The molecule has 3 aromatic rings. The molecular formula is C17H11FN2O. The minimum absolute atomic E-state index is 0.129. The van der Waals surface area contributed by atoms with E-state index in [1.807, 2.05) is 30.3 Å². The van der Waals surface area contributed by atoms with Crippen molar-refractivity contribution in [3.63, 3.8) is 0 Å². The second kappa shape index (κ2) is 5.22. The molecule has 4 heteroatoms. The van der Waals surface area contributed by atoms with Gasteiger partial charge in [0.05, 0.1) is 18.2 Å². The largest absolute Gasteiger partial charge is 0.311 e. The lowest BCUT2D eigenvalue weighted by Gasteiger charge is -2.08. The van der Waals surface area contributed by atoms with Crippen LogP contribution in [0.4, 0.5) is 4.39 Å². The molecule has 0 saturated heterocycles. The number of rotatable bonds is 2. The first kappa shape index (κ1) is 13.1. The molecule has 0 spiro atoms. The fourth-order valence-electron chi connectivity index (χ4n) is 2.36. The molecule has 0 saturated carbocycles. The number of hydrogen-bond acceptors (Lipinski definition) is 2. The summed E-state index contributed by atoms with van der Waals surface area (Å²) >= 11 is 0. The number of nitrogens with zero attached hydrogens (tertiary/aromatic N) is 2. The average molecular weight is 278 g/mol. The van der Waals surface area contributed by atoms with Crippen molar-refractivity contribution in [3.8, 4) is 6.07 Å². The molecule has 0 N–H and O–H groups in total. The minimum Gasteiger partial charge on any atom is -0.311 e. The number of aromatic nitrogens is 1. The van der Waals surface area contributed by atoms with Crippen LogP contribution in [0.2, 0.25) is 0 Å². The first-order valence-electron chi connectivity index (χ1n) is 6.45. The topological polar surface area (TPSA) is 45.8 Å². The van der Waals surface area contributed by atoms with E-state index in [2.05, 4.69) is 0 Å². The van der Waals surface area contributed by atoms with Crippen LogP contribution in [0, 0.1) is 17.1 Å². The Hall–Kier alpha value is -2.93. The summed E-state index contributed by atoms with van der Waals surface area (Å²) in [6, 6.07) is 15.2. The monoisotopic (exact) mass is 278 g/mol. The van der Waals surface area contributed by atoms with Crippen LogP contribution in [0.25, 0.3) is 10.8 Å². The molecule has 0 radical (unpaired) electrons. The maximum atomic E-state index is 13.4. The highest BCUT2D eigenvalue weighted by Crippen LogP contribution is 2.12. The fraction of sp³-hybridized carbons (Fsp3) is 0.0588. The van der Waals surface area contributed by atoms with Gasteiger partial charge in [-0.1, -0.05) is 18.2 Å². The molecule has 0 amide bonds. The number of pyridine rings is 1. The van der Waals surface area contributed by atoms with Gasteiger partial charge in [-0.05, 0) is 41.3 Å². The van der Waals surface area contributed by atoms with Gasteiger partial charge in [-0.2, -0.15) is 5.26 Å². The Morgan fingerprint density at radius 1 is 1.14 bits per heavy atom. The molecule has 102 valence electrons. The third-order valence-electron chi connectivity index (χ3n) is 3.33. The Balaban J connectivity index is 2.07. The Morgan fingerprint density at radius 3 is 2.76 bits per heavy atom. The first-order chi connectivity index (χ1) is 10.2. The molecule has 0 aliphatic heterocycles. The Bertz CT molecular complexity index is 922. The Morgan fingerprint density at radius 2 is 1.95 bits per heavy atom. The molecule has 0 fully saturated rings. The molecule has 1 heterocycles. The van der Waals surface area contributed by atoms with Crippen LogP contribution in [-0.2, 0) is 6.54 Å². The summed E-state index contributed by atoms with van der Waals surface area (Å²) in [6.07, 6.45) is 1.68. The molecule has 1 aromatic heterocycles. The lowest BCUT2D eigenvalue weighted by atomic mass is 10.1. The maximum absolute atomic E-state index is 13.4. The SMILES string of the molecule is N#Cc1cc(F)cc(Cn2ccc3ccccc3c2=O)c1. The molecule has 21 heavy (non-hydrogen) atoms. The van der Waals surface area contributed by atoms with Gasteiger partial charge in [0.1, 0.15) is 5.82 Å². The van der Waals surface area contributed by atoms with Gasteiger partial charge in [0, 0.05) is 11.6 Å². The molecular weight excluding hydrogens is 267 g/mol. The molecule has 0 aliphatic carbocycles. The number of halogens is 1. The highest BCUT2D eigenvalue weighted by molar-refractivity contribution is 5.81. The van der Waals surface area contributed by atoms with Crippen molar-refractivity contribution in [3.05, 3.63) is 82.0 Å². The molecule has 3 rings (SSSR count). The Labute approximate surface area is 120 Å². The van der Waals surface area contributed by atoms with Crippen molar-refractivity contribution in [2.24, 2.45) is 0 Å². The normalized spacial score (nSPS) is 10.5. The number of nitriles is 1. The van der Waals surface area contributed by atoms with Crippen molar-refractivity contribution < 1.29 is 4.39 Å². The molecule has 0 aliphatic rings. The van der Waals surface area contributed by atoms with E-state index in [9.17, 15) is 9.18 Å². The van der Waals surface area contributed by atoms with Crippen molar-refractivity contribution in [2.75, 3.05) is 0 Å². The van der Waals surface area contributed by atoms with E-state index in [4.69, 9.17) is 5.26 Å². The van der Waals surface area contributed by atoms with Crippen LogP contribution >= 0.6 is 0 Å². The third kappa shape index (κ3) is 2.54. The minimum atomic E-state index is -0.474. The van der Waals surface area contributed by atoms with Crippen LogP contribution < -0.4 is 5.56 Å². The standard InChI is InChI=1S/C17H11FN2O/c18-15-8-12(10-19)7-13(9-15)11-20-6-5-14-3-1-2-4-16(14)17(20)21/h1-9H,11H2. The van der Waals surface area contributed by atoms with Crippen LogP contribution in [0.1, 0.15) is 11.1 Å². The predicted molar refractivity (Wildman–Crippen MR) is 78.4 cm³/mol. The second-order valence-corrected chi connectivity index (χ2v) is 4.80. The number of fused-ring (bicyclic) bond motifs is 1. The van der Waals surface area contributed by atoms with E-state index in [1.165, 1.54) is 16.7 Å². The maximum Gasteiger partial charge on any atom is 0.258 e. The van der Waals surface area contributed by atoms with Gasteiger partial charge in [0.2, 0.25) is 0 Å². The molecule has 2 aromatic carbocycles. The van der Waals surface area contributed by atoms with Crippen molar-refractivity contribution in [2.45, 2.75) is 6.54 Å². The van der Waals surface area contributed by atoms with Gasteiger partial charge < -0.3 is 4.57 Å². The van der Waals surface area contributed by atoms with E-state index in [-0.39, 0.29) is 17.7 Å². The van der Waals surface area contributed by atoms with E-state index in [0.29, 0.717) is 10.9 Å². The lowest BCUT2D eigenvalue weighted by Crippen LogP contribution is -2.20. The quantitative estimate of drug-likeness (QED) is 0.723. The fourth-order valence-corrected chi connectivity index (χ4v) is 2.36. The van der Waals surface area contributed by atoms with Crippen molar-refractivity contribution in [1.29, 1.82) is 5.26 Å². The van der Waals surface area contributed by atoms with E-state index in [0.717, 1.165) is 5.39 Å². The van der Waals surface area contributed by atoms with Crippen molar-refractivity contribution >= 4 is 10.8 Å². The van der Waals surface area contributed by atoms with Gasteiger partial charge in [-0.15, -0.1) is 0 Å². The predicted octanol–water partition coefficient (Wildman–Crippen LogP) is 3.06. The molecule has 0 bridgehead atoms. The summed E-state index contributed by atoms with van der Waals surface area (Å²) in [6.45, 7) is 0.232. The van der Waals surface area contributed by atoms with E-state index < -0.39 is 5.82 Å². The van der Waals surface area contributed by atoms with Gasteiger partial charge >= 0.3 is 0 Å². The van der Waals surface area contributed by atoms with Gasteiger partial charge in [0.15, 0.2) is 0 Å². The van der Waals surface area contributed by atoms with Gasteiger partial charge in [-0.3, -0.25) is 4.79 Å². The van der Waals surface area contributed by atoms with Crippen molar-refractivity contribution in [1.82, 2.24) is 4.57 Å². The summed E-state index contributed by atoms with van der Waals surface area (Å²) in [5.41, 5.74) is 0.707. The highest BCUT2D eigenvalue weighted by atomic mass is 19.1. The lowest BCUT2D eigenvalue weighted by molar-refractivity contribution is 0.622. The highest BCUT2D eigenvalue weighted by Gasteiger charge is 2.05. The van der Waals surface area contributed by atoms with Gasteiger partial charge in [-0.25, -0.2) is 4.39 Å². The van der Waals surface area contributed by atoms with Crippen LogP contribution in [0.5, 0.6) is 0 Å². The summed E-state index contributed by atoms with van der Waals surface area (Å²) in [5, 5.41) is 10.4. The van der Waals surface area contributed by atoms with E-state index in [1.54, 1.807) is 18.3 Å². The summed E-state index contributed by atoms with van der Waals surface area (Å²) in [7, 11) is 0. The third-order valence-corrected chi connectivity index (χ3v) is 3.33. The average Bonchev–Trinajstić information content (AvgIpc) is 2.50. The molecule has 0 atom stereocenters. The Kier molecular flexibility index (Phi) is 3.25. The zero-order valence-electron chi connectivity index (χ0n) is 11.1. The zero-order valence-corrected chi connectivity index (χ0v) is 11.1. The summed E-state index contributed by atoms with van der Waals surface area (Å²) in [4.78, 5) is 12.4. The molecule has 3 nitrogen and oxygen atoms in total. The summed E-state index contributed by atoms with van der Waals surface area (Å²) in [5.74, 6) is -0.474. The zero-order chi connectivity index (χ0) is 14.8. The van der Waals surface area contributed by atoms with Crippen LogP contribution in [0.3, 0.4) is 0 Å². The second-order valence-electron chi connectivity index (χ2n) is 4.80. The first-order valence-corrected chi connectivity index (χ1v) is 6.45. The smallest absolute Gasteiger partial charge is 0.258 e. The van der Waals surface area contributed by atoms with E-state index >= 15 is 0 Å². The molecule has 0 unspecified atom stereocenters. The summed E-state index contributed by atoms with van der Waals surface area (Å²) < 4.78 is 14.9. The van der Waals surface area contributed by atoms with Gasteiger partial charge in [0.25, 0.3) is 5.56 Å². The van der Waals surface area contributed by atoms with Crippen LogP contribution in [0.15, 0.2) is 59.5 Å². The number of benzene rings is 2. The number of hydrogen-bond donors (Lipinski definition) is 0.